The summed E-state index contributed by atoms with van der Waals surface area (Å²) in [5.41, 5.74) is 1.22. The summed E-state index contributed by atoms with van der Waals surface area (Å²) in [6.07, 6.45) is 6.43. The second-order valence-corrected chi connectivity index (χ2v) is 5.44. The van der Waals surface area contributed by atoms with Crippen LogP contribution in [0.25, 0.3) is 11.4 Å². The molecule has 1 amide bonds. The highest BCUT2D eigenvalue weighted by Gasteiger charge is 2.23. The number of carboxylic acid groups (broad SMARTS) is 1. The number of rotatable bonds is 6. The molecule has 130 valence electrons. The zero-order valence-electron chi connectivity index (χ0n) is 13.7. The summed E-state index contributed by atoms with van der Waals surface area (Å²) >= 11 is 0. The molecule has 0 spiro atoms. The van der Waals surface area contributed by atoms with Gasteiger partial charge in [0.05, 0.1) is 0 Å². The van der Waals surface area contributed by atoms with Crippen molar-refractivity contribution in [3.05, 3.63) is 72.8 Å². The van der Waals surface area contributed by atoms with Crippen LogP contribution in [0.15, 0.2) is 67.3 Å². The van der Waals surface area contributed by atoms with Crippen molar-refractivity contribution in [1.82, 2.24) is 20.4 Å². The molecule has 0 saturated carbocycles. The molecular weight excluding hydrogens is 334 g/mol. The van der Waals surface area contributed by atoms with Crippen LogP contribution in [0.4, 0.5) is 0 Å². The fourth-order valence-electron chi connectivity index (χ4n) is 2.35. The van der Waals surface area contributed by atoms with E-state index < -0.39 is 17.9 Å². The fraction of sp³-hybridized carbons (Fsp3) is 0.111. The molecule has 3 rings (SSSR count). The number of benzene rings is 1. The minimum Gasteiger partial charge on any atom is -0.479 e. The average molecular weight is 350 g/mol. The highest BCUT2D eigenvalue weighted by atomic mass is 16.4. The number of hydrogen-bond acceptors (Lipinski definition) is 5. The van der Waals surface area contributed by atoms with Crippen LogP contribution in [0.3, 0.4) is 0 Å². The van der Waals surface area contributed by atoms with Gasteiger partial charge >= 0.3 is 5.97 Å². The van der Waals surface area contributed by atoms with Crippen LogP contribution in [0.1, 0.15) is 11.6 Å². The van der Waals surface area contributed by atoms with Crippen molar-refractivity contribution in [3.63, 3.8) is 0 Å². The number of nitrogens with one attached hydrogen (secondary N) is 1. The van der Waals surface area contributed by atoms with Gasteiger partial charge in [0, 0.05) is 24.0 Å². The minimum atomic E-state index is -1.13. The lowest BCUT2D eigenvalue weighted by molar-refractivity contribution is -0.742. The standard InChI is InChI=1S/C18H15N5O3/c24-15(22-16(18(25)26)13-5-2-1-3-6-13)12-23-10-7-14(11-21-23)17-19-8-4-9-20-17/h1-11,16H,12H2,(H-,22,24,25,26)/p+1. The molecule has 1 atom stereocenters. The second-order valence-electron chi connectivity index (χ2n) is 5.44. The number of aromatic nitrogens is 4. The third-order valence-electron chi connectivity index (χ3n) is 3.59. The Morgan fingerprint density at radius 3 is 2.42 bits per heavy atom. The Labute approximate surface area is 149 Å². The minimum absolute atomic E-state index is 0.105. The highest BCUT2D eigenvalue weighted by molar-refractivity contribution is 5.83. The van der Waals surface area contributed by atoms with Gasteiger partial charge in [0.2, 0.25) is 0 Å². The van der Waals surface area contributed by atoms with Crippen LogP contribution in [0, 0.1) is 0 Å². The first kappa shape index (κ1) is 17.2. The van der Waals surface area contributed by atoms with Crippen LogP contribution in [-0.4, -0.2) is 32.0 Å². The molecule has 1 unspecified atom stereocenters. The maximum Gasteiger partial charge on any atom is 0.330 e. The van der Waals surface area contributed by atoms with Gasteiger partial charge in [0.15, 0.2) is 18.1 Å². The van der Waals surface area contributed by atoms with E-state index in [1.807, 2.05) is 0 Å². The van der Waals surface area contributed by atoms with Crippen molar-refractivity contribution in [1.29, 1.82) is 0 Å². The molecule has 1 aromatic carbocycles. The van der Waals surface area contributed by atoms with Crippen molar-refractivity contribution in [3.8, 4) is 11.4 Å². The first-order valence-corrected chi connectivity index (χ1v) is 7.84. The van der Waals surface area contributed by atoms with E-state index in [2.05, 4.69) is 20.4 Å². The lowest BCUT2D eigenvalue weighted by atomic mass is 10.1. The zero-order chi connectivity index (χ0) is 18.4. The molecule has 0 saturated heterocycles. The smallest absolute Gasteiger partial charge is 0.330 e. The molecule has 2 heterocycles. The normalized spacial score (nSPS) is 11.5. The summed E-state index contributed by atoms with van der Waals surface area (Å²) < 4.78 is 1.41. The number of carboxylic acids is 1. The maximum absolute atomic E-state index is 12.2. The molecule has 8 nitrogen and oxygen atoms in total. The maximum atomic E-state index is 12.2. The van der Waals surface area contributed by atoms with E-state index in [-0.39, 0.29) is 6.54 Å². The van der Waals surface area contributed by atoms with Gasteiger partial charge in [-0.15, -0.1) is 0 Å². The second kappa shape index (κ2) is 7.93. The van der Waals surface area contributed by atoms with Gasteiger partial charge in [-0.1, -0.05) is 35.0 Å². The van der Waals surface area contributed by atoms with Gasteiger partial charge in [-0.25, -0.2) is 14.8 Å². The van der Waals surface area contributed by atoms with E-state index in [0.717, 1.165) is 5.56 Å². The quantitative estimate of drug-likeness (QED) is 0.636. The van der Waals surface area contributed by atoms with Crippen LogP contribution < -0.4 is 10.00 Å². The Kier molecular flexibility index (Phi) is 5.23. The van der Waals surface area contributed by atoms with Crippen molar-refractivity contribution in [2.75, 3.05) is 0 Å². The first-order valence-electron chi connectivity index (χ1n) is 7.84. The Morgan fingerprint density at radius 2 is 1.81 bits per heavy atom. The van der Waals surface area contributed by atoms with Crippen LogP contribution in [0.5, 0.6) is 0 Å². The lowest BCUT2D eigenvalue weighted by Crippen LogP contribution is -2.47. The largest absolute Gasteiger partial charge is 0.479 e. The van der Waals surface area contributed by atoms with Crippen molar-refractivity contribution >= 4 is 11.9 Å². The number of carbonyl (C=O) groups is 2. The molecule has 2 N–H and O–H groups in total. The molecule has 0 radical (unpaired) electrons. The van der Waals surface area contributed by atoms with E-state index in [0.29, 0.717) is 11.4 Å². The van der Waals surface area contributed by atoms with Gasteiger partial charge in [-0.3, -0.25) is 4.79 Å². The highest BCUT2D eigenvalue weighted by Crippen LogP contribution is 2.12. The lowest BCUT2D eigenvalue weighted by Gasteiger charge is -2.13. The number of nitrogens with zero attached hydrogens (tertiary/aromatic N) is 4. The van der Waals surface area contributed by atoms with E-state index in [1.54, 1.807) is 67.3 Å². The third kappa shape index (κ3) is 4.23. The number of hydrogen-bond donors (Lipinski definition) is 2. The van der Waals surface area contributed by atoms with Gasteiger partial charge < -0.3 is 10.4 Å². The molecule has 0 aliphatic heterocycles. The summed E-state index contributed by atoms with van der Waals surface area (Å²) in [5, 5.41) is 16.0. The monoisotopic (exact) mass is 350 g/mol. The summed E-state index contributed by atoms with van der Waals surface area (Å²) in [4.78, 5) is 31.9. The summed E-state index contributed by atoms with van der Waals surface area (Å²) in [6.45, 7) is -0.105. The van der Waals surface area contributed by atoms with Gasteiger partial charge in [0.1, 0.15) is 6.20 Å². The predicted molar refractivity (Wildman–Crippen MR) is 90.4 cm³/mol. The van der Waals surface area contributed by atoms with Crippen LogP contribution in [0.2, 0.25) is 0 Å². The summed E-state index contributed by atoms with van der Waals surface area (Å²) in [5.74, 6) is -1.05. The number of carbonyl (C=O) groups excluding carboxylic acids is 1. The SMILES string of the molecule is O=C(C[n+]1ccc(-c2ncccn2)cn1)NC(C(=O)O)c1ccccc1. The molecule has 8 heteroatoms. The Hall–Kier alpha value is -3.68. The summed E-state index contributed by atoms with van der Waals surface area (Å²) in [6, 6.07) is 10.9. The van der Waals surface area contributed by atoms with Crippen molar-refractivity contribution in [2.45, 2.75) is 12.6 Å². The van der Waals surface area contributed by atoms with Gasteiger partial charge in [-0.2, -0.15) is 0 Å². The zero-order valence-corrected chi connectivity index (χ0v) is 13.7. The third-order valence-corrected chi connectivity index (χ3v) is 3.59. The molecule has 0 fully saturated rings. The molecule has 3 aromatic rings. The Morgan fingerprint density at radius 1 is 1.08 bits per heavy atom. The number of aliphatic carboxylic acids is 1. The Bertz CT molecular complexity index is 886. The molecule has 0 aliphatic carbocycles. The summed E-state index contributed by atoms with van der Waals surface area (Å²) in [7, 11) is 0. The van der Waals surface area contributed by atoms with Crippen molar-refractivity contribution < 1.29 is 19.4 Å². The molecule has 26 heavy (non-hydrogen) atoms. The molecule has 0 aliphatic rings. The Balaban J connectivity index is 1.67. The average Bonchev–Trinajstić information content (AvgIpc) is 2.68. The molecule has 0 bridgehead atoms. The number of amides is 1. The van der Waals surface area contributed by atoms with Crippen molar-refractivity contribution in [2.24, 2.45) is 0 Å². The topological polar surface area (TPSA) is 109 Å². The van der Waals surface area contributed by atoms with Gasteiger partial charge in [0.25, 0.3) is 12.5 Å². The van der Waals surface area contributed by atoms with E-state index in [9.17, 15) is 14.7 Å². The predicted octanol–water partition coefficient (Wildman–Crippen LogP) is 0.768. The van der Waals surface area contributed by atoms with Crippen LogP contribution >= 0.6 is 0 Å². The first-order chi connectivity index (χ1) is 12.6. The van der Waals surface area contributed by atoms with E-state index >= 15 is 0 Å². The molecule has 2 aromatic heterocycles. The molecular formula is C18H16N5O3+. The van der Waals surface area contributed by atoms with Gasteiger partial charge in [-0.05, 0) is 16.7 Å². The van der Waals surface area contributed by atoms with Crippen LogP contribution in [-0.2, 0) is 16.1 Å². The van der Waals surface area contributed by atoms with E-state index in [1.165, 1.54) is 4.68 Å². The fourth-order valence-corrected chi connectivity index (χ4v) is 2.35. The van der Waals surface area contributed by atoms with E-state index in [4.69, 9.17) is 0 Å².